The SMILES string of the molecule is CCCCn1nnc(C(=O)O)c1COc1ccc(Cl)cc1. The number of benzene rings is 1. The Kier molecular flexibility index (Phi) is 5.16. The van der Waals surface area contributed by atoms with Crippen molar-refractivity contribution in [1.82, 2.24) is 15.0 Å². The van der Waals surface area contributed by atoms with Gasteiger partial charge in [0, 0.05) is 11.6 Å². The summed E-state index contributed by atoms with van der Waals surface area (Å²) in [5.74, 6) is -0.494. The smallest absolute Gasteiger partial charge is 0.358 e. The van der Waals surface area contributed by atoms with Gasteiger partial charge < -0.3 is 9.84 Å². The molecule has 7 heteroatoms. The largest absolute Gasteiger partial charge is 0.487 e. The van der Waals surface area contributed by atoms with Crippen LogP contribution in [0, 0.1) is 0 Å². The summed E-state index contributed by atoms with van der Waals surface area (Å²) in [7, 11) is 0. The van der Waals surface area contributed by atoms with Gasteiger partial charge in [0.1, 0.15) is 18.1 Å². The molecule has 0 aliphatic carbocycles. The molecule has 1 heterocycles. The summed E-state index contributed by atoms with van der Waals surface area (Å²) in [5.41, 5.74) is 0.394. The first-order chi connectivity index (χ1) is 10.1. The second-order valence-corrected chi connectivity index (χ2v) is 4.95. The Labute approximate surface area is 127 Å². The lowest BCUT2D eigenvalue weighted by Gasteiger charge is -2.09. The highest BCUT2D eigenvalue weighted by Gasteiger charge is 2.19. The van der Waals surface area contributed by atoms with Gasteiger partial charge in [0.15, 0.2) is 5.69 Å². The van der Waals surface area contributed by atoms with Crippen LogP contribution >= 0.6 is 11.6 Å². The van der Waals surface area contributed by atoms with E-state index in [2.05, 4.69) is 17.2 Å². The summed E-state index contributed by atoms with van der Waals surface area (Å²) in [5, 5.41) is 17.4. The first-order valence-corrected chi connectivity index (χ1v) is 7.03. The lowest BCUT2D eigenvalue weighted by Crippen LogP contribution is -2.11. The summed E-state index contributed by atoms with van der Waals surface area (Å²) in [6.07, 6.45) is 1.89. The number of aryl methyl sites for hydroxylation is 1. The van der Waals surface area contributed by atoms with Crippen LogP contribution < -0.4 is 4.74 Å². The number of ether oxygens (including phenoxy) is 1. The maximum atomic E-state index is 11.2. The van der Waals surface area contributed by atoms with Gasteiger partial charge in [0.2, 0.25) is 0 Å². The van der Waals surface area contributed by atoms with Gasteiger partial charge in [-0.3, -0.25) is 0 Å². The number of hydrogen-bond acceptors (Lipinski definition) is 4. The second-order valence-electron chi connectivity index (χ2n) is 4.51. The molecule has 1 N–H and O–H groups in total. The third kappa shape index (κ3) is 3.95. The summed E-state index contributed by atoms with van der Waals surface area (Å²) >= 11 is 5.80. The second kappa shape index (κ2) is 7.08. The van der Waals surface area contributed by atoms with Gasteiger partial charge in [-0.1, -0.05) is 30.2 Å². The van der Waals surface area contributed by atoms with Crippen LogP contribution in [0.5, 0.6) is 5.75 Å². The highest BCUT2D eigenvalue weighted by atomic mass is 35.5. The number of rotatable bonds is 7. The molecule has 6 nitrogen and oxygen atoms in total. The van der Waals surface area contributed by atoms with Gasteiger partial charge in [-0.2, -0.15) is 0 Å². The molecule has 0 radical (unpaired) electrons. The number of aromatic nitrogens is 3. The number of unbranched alkanes of at least 4 members (excludes halogenated alkanes) is 1. The molecular formula is C14H16ClN3O3. The average Bonchev–Trinajstić information content (AvgIpc) is 2.87. The first kappa shape index (κ1) is 15.3. The molecule has 1 aromatic carbocycles. The molecule has 0 spiro atoms. The molecule has 2 aromatic rings. The van der Waals surface area contributed by atoms with Crippen LogP contribution in [0.3, 0.4) is 0 Å². The third-order valence-electron chi connectivity index (χ3n) is 2.95. The molecule has 1 aromatic heterocycles. The van der Waals surface area contributed by atoms with Gasteiger partial charge in [0.25, 0.3) is 0 Å². The van der Waals surface area contributed by atoms with E-state index in [1.807, 2.05) is 0 Å². The molecule has 21 heavy (non-hydrogen) atoms. The molecule has 0 bridgehead atoms. The third-order valence-corrected chi connectivity index (χ3v) is 3.20. The molecule has 2 rings (SSSR count). The van der Waals surface area contributed by atoms with E-state index in [4.69, 9.17) is 21.4 Å². The normalized spacial score (nSPS) is 10.6. The Morgan fingerprint density at radius 3 is 2.71 bits per heavy atom. The number of halogens is 1. The van der Waals surface area contributed by atoms with Crippen molar-refractivity contribution >= 4 is 17.6 Å². The van der Waals surface area contributed by atoms with Crippen LogP contribution in [0.2, 0.25) is 5.02 Å². The van der Waals surface area contributed by atoms with Crippen molar-refractivity contribution in [2.75, 3.05) is 0 Å². The molecule has 112 valence electrons. The predicted molar refractivity (Wildman–Crippen MR) is 77.7 cm³/mol. The van der Waals surface area contributed by atoms with Crippen molar-refractivity contribution in [1.29, 1.82) is 0 Å². The van der Waals surface area contributed by atoms with E-state index in [9.17, 15) is 4.79 Å². The van der Waals surface area contributed by atoms with E-state index in [0.29, 0.717) is 23.0 Å². The fourth-order valence-electron chi connectivity index (χ4n) is 1.81. The van der Waals surface area contributed by atoms with Gasteiger partial charge in [-0.05, 0) is 30.7 Å². The Morgan fingerprint density at radius 2 is 2.10 bits per heavy atom. The Morgan fingerprint density at radius 1 is 1.38 bits per heavy atom. The lowest BCUT2D eigenvalue weighted by molar-refractivity contribution is 0.0687. The first-order valence-electron chi connectivity index (χ1n) is 6.65. The Bertz CT molecular complexity index is 610. The zero-order chi connectivity index (χ0) is 15.2. The number of nitrogens with zero attached hydrogens (tertiary/aromatic N) is 3. The van der Waals surface area contributed by atoms with Gasteiger partial charge in [-0.15, -0.1) is 5.10 Å². The number of hydrogen-bond donors (Lipinski definition) is 1. The highest BCUT2D eigenvalue weighted by Crippen LogP contribution is 2.18. The number of aromatic carboxylic acids is 1. The van der Waals surface area contributed by atoms with Crippen LogP contribution in [-0.4, -0.2) is 26.1 Å². The van der Waals surface area contributed by atoms with Gasteiger partial charge >= 0.3 is 5.97 Å². The highest BCUT2D eigenvalue weighted by molar-refractivity contribution is 6.30. The van der Waals surface area contributed by atoms with Crippen molar-refractivity contribution in [3.63, 3.8) is 0 Å². The van der Waals surface area contributed by atoms with E-state index in [0.717, 1.165) is 12.8 Å². The Balaban J connectivity index is 2.14. The van der Waals surface area contributed by atoms with Crippen molar-refractivity contribution in [3.05, 3.63) is 40.7 Å². The standard InChI is InChI=1S/C14H16ClN3O3/c1-2-3-8-18-12(13(14(19)20)16-17-18)9-21-11-6-4-10(15)5-7-11/h4-7H,2-3,8-9H2,1H3,(H,19,20). The summed E-state index contributed by atoms with van der Waals surface area (Å²) < 4.78 is 7.18. The zero-order valence-corrected chi connectivity index (χ0v) is 12.4. The van der Waals surface area contributed by atoms with Gasteiger partial charge in [0.05, 0.1) is 0 Å². The quantitative estimate of drug-likeness (QED) is 0.850. The van der Waals surface area contributed by atoms with E-state index >= 15 is 0 Å². The molecule has 0 unspecified atom stereocenters. The maximum absolute atomic E-state index is 11.2. The lowest BCUT2D eigenvalue weighted by atomic mass is 10.3. The number of carboxylic acid groups (broad SMARTS) is 1. The monoisotopic (exact) mass is 309 g/mol. The van der Waals surface area contributed by atoms with Crippen LogP contribution in [-0.2, 0) is 13.2 Å². The fourth-order valence-corrected chi connectivity index (χ4v) is 1.94. The fraction of sp³-hybridized carbons (Fsp3) is 0.357. The topological polar surface area (TPSA) is 77.2 Å². The zero-order valence-electron chi connectivity index (χ0n) is 11.6. The summed E-state index contributed by atoms with van der Waals surface area (Å²) in [6.45, 7) is 2.77. The minimum Gasteiger partial charge on any atom is -0.487 e. The minimum absolute atomic E-state index is 0.0694. The predicted octanol–water partition coefficient (Wildman–Crippen LogP) is 3.01. The van der Waals surface area contributed by atoms with Crippen LogP contribution in [0.25, 0.3) is 0 Å². The molecular weight excluding hydrogens is 294 g/mol. The van der Waals surface area contributed by atoms with E-state index in [1.54, 1.807) is 28.9 Å². The molecule has 0 amide bonds. The van der Waals surface area contributed by atoms with E-state index < -0.39 is 5.97 Å². The van der Waals surface area contributed by atoms with Crippen molar-refractivity contribution < 1.29 is 14.6 Å². The van der Waals surface area contributed by atoms with Crippen LogP contribution in [0.15, 0.2) is 24.3 Å². The van der Waals surface area contributed by atoms with Crippen LogP contribution in [0.4, 0.5) is 0 Å². The minimum atomic E-state index is -1.10. The van der Waals surface area contributed by atoms with E-state index in [1.165, 1.54) is 0 Å². The van der Waals surface area contributed by atoms with Crippen molar-refractivity contribution in [2.24, 2.45) is 0 Å². The molecule has 0 fully saturated rings. The van der Waals surface area contributed by atoms with E-state index in [-0.39, 0.29) is 12.3 Å². The van der Waals surface area contributed by atoms with Crippen molar-refractivity contribution in [2.45, 2.75) is 32.9 Å². The molecule has 0 atom stereocenters. The molecule has 0 aliphatic heterocycles. The molecule has 0 saturated heterocycles. The number of carboxylic acids is 1. The maximum Gasteiger partial charge on any atom is 0.358 e. The average molecular weight is 310 g/mol. The van der Waals surface area contributed by atoms with Crippen LogP contribution in [0.1, 0.15) is 35.9 Å². The molecule has 0 aliphatic rings. The van der Waals surface area contributed by atoms with Crippen molar-refractivity contribution in [3.8, 4) is 5.75 Å². The summed E-state index contributed by atoms with van der Waals surface area (Å²) in [4.78, 5) is 11.2. The Hall–Kier alpha value is -2.08. The summed E-state index contributed by atoms with van der Waals surface area (Å²) in [6, 6.07) is 6.87. The van der Waals surface area contributed by atoms with Gasteiger partial charge in [-0.25, -0.2) is 9.48 Å². The number of carbonyl (C=O) groups is 1. The molecule has 0 saturated carbocycles.